The van der Waals surface area contributed by atoms with E-state index in [1.165, 1.54) is 29.3 Å². The maximum atomic E-state index is 12.3. The zero-order valence-corrected chi connectivity index (χ0v) is 14.1. The summed E-state index contributed by atoms with van der Waals surface area (Å²) < 4.78 is 1.62. The number of thioether (sulfide) groups is 1. The lowest BCUT2D eigenvalue weighted by Crippen LogP contribution is -2.28. The number of hydrogen-bond donors (Lipinski definition) is 1. The summed E-state index contributed by atoms with van der Waals surface area (Å²) in [5.74, 6) is 0.767. The molecular weight excluding hydrogens is 310 g/mol. The zero-order valence-electron chi connectivity index (χ0n) is 13.2. The average molecular weight is 331 g/mol. The number of tetrazole rings is 1. The summed E-state index contributed by atoms with van der Waals surface area (Å²) in [6.07, 6.45) is 4.94. The number of rotatable bonds is 5. The topological polar surface area (TPSA) is 72.7 Å². The van der Waals surface area contributed by atoms with E-state index in [-0.39, 0.29) is 11.9 Å². The summed E-state index contributed by atoms with van der Waals surface area (Å²) in [4.78, 5) is 12.3. The van der Waals surface area contributed by atoms with Gasteiger partial charge in [-0.15, -0.1) is 5.10 Å². The second-order valence-corrected chi connectivity index (χ2v) is 6.81. The molecule has 6 nitrogen and oxygen atoms in total. The first kappa shape index (κ1) is 16.0. The van der Waals surface area contributed by atoms with Crippen LogP contribution in [0.1, 0.15) is 42.9 Å². The van der Waals surface area contributed by atoms with Crippen molar-refractivity contribution in [1.82, 2.24) is 25.5 Å². The number of benzene rings is 1. The Bertz CT molecular complexity index is 672. The number of aromatic nitrogens is 4. The van der Waals surface area contributed by atoms with Crippen LogP contribution in [0.15, 0.2) is 29.4 Å². The van der Waals surface area contributed by atoms with Gasteiger partial charge in [0.1, 0.15) is 0 Å². The molecule has 23 heavy (non-hydrogen) atoms. The lowest BCUT2D eigenvalue weighted by molar-refractivity contribution is -0.121. The highest BCUT2D eigenvalue weighted by Crippen LogP contribution is 2.28. The lowest BCUT2D eigenvalue weighted by atomic mass is 9.99. The van der Waals surface area contributed by atoms with E-state index in [0.717, 1.165) is 24.4 Å². The van der Waals surface area contributed by atoms with E-state index < -0.39 is 0 Å². The van der Waals surface area contributed by atoms with Crippen molar-refractivity contribution in [2.24, 2.45) is 7.05 Å². The molecule has 0 radical (unpaired) electrons. The molecule has 1 aromatic carbocycles. The van der Waals surface area contributed by atoms with Crippen LogP contribution in [0.25, 0.3) is 0 Å². The van der Waals surface area contributed by atoms with Gasteiger partial charge in [0.15, 0.2) is 0 Å². The molecule has 0 aliphatic heterocycles. The SMILES string of the molecule is Cn1nnnc1SCCC(=O)NC1CCCCc2ccccc21. The Kier molecular flexibility index (Phi) is 5.27. The smallest absolute Gasteiger partial charge is 0.221 e. The molecule has 122 valence electrons. The molecule has 0 spiro atoms. The highest BCUT2D eigenvalue weighted by atomic mass is 32.2. The van der Waals surface area contributed by atoms with Crippen LogP contribution in [0.3, 0.4) is 0 Å². The van der Waals surface area contributed by atoms with E-state index in [0.29, 0.717) is 12.2 Å². The average Bonchev–Trinajstić information content (AvgIpc) is 2.85. The molecule has 2 aromatic rings. The Morgan fingerprint density at radius 1 is 1.39 bits per heavy atom. The number of aryl methyl sites for hydroxylation is 2. The lowest BCUT2D eigenvalue weighted by Gasteiger charge is -2.19. The van der Waals surface area contributed by atoms with Gasteiger partial charge in [0.05, 0.1) is 6.04 Å². The number of carbonyl (C=O) groups is 1. The maximum absolute atomic E-state index is 12.3. The third-order valence-corrected chi connectivity index (χ3v) is 5.11. The molecule has 1 amide bonds. The van der Waals surface area contributed by atoms with Crippen LogP contribution in [0.4, 0.5) is 0 Å². The first-order chi connectivity index (χ1) is 11.2. The number of carbonyl (C=O) groups excluding carboxylic acids is 1. The van der Waals surface area contributed by atoms with Crippen molar-refractivity contribution < 1.29 is 4.79 Å². The predicted molar refractivity (Wildman–Crippen MR) is 89.0 cm³/mol. The fourth-order valence-corrected chi connectivity index (χ4v) is 3.70. The summed E-state index contributed by atoms with van der Waals surface area (Å²) in [5, 5.41) is 15.2. The number of amides is 1. The molecule has 1 heterocycles. The van der Waals surface area contributed by atoms with Gasteiger partial charge in [-0.05, 0) is 40.8 Å². The van der Waals surface area contributed by atoms with Gasteiger partial charge in [0, 0.05) is 19.2 Å². The van der Waals surface area contributed by atoms with Crippen LogP contribution in [0.5, 0.6) is 0 Å². The molecule has 0 saturated carbocycles. The second-order valence-electron chi connectivity index (χ2n) is 5.75. The molecule has 1 N–H and O–H groups in total. The molecule has 1 aliphatic carbocycles. The van der Waals surface area contributed by atoms with E-state index in [1.807, 2.05) is 0 Å². The summed E-state index contributed by atoms with van der Waals surface area (Å²) >= 11 is 1.50. The number of nitrogens with zero attached hydrogens (tertiary/aromatic N) is 4. The minimum Gasteiger partial charge on any atom is -0.349 e. The van der Waals surface area contributed by atoms with Crippen LogP contribution in [0, 0.1) is 0 Å². The Balaban J connectivity index is 1.54. The highest BCUT2D eigenvalue weighted by molar-refractivity contribution is 7.99. The molecule has 1 aromatic heterocycles. The monoisotopic (exact) mass is 331 g/mol. The molecule has 1 aliphatic rings. The van der Waals surface area contributed by atoms with Crippen molar-refractivity contribution in [2.75, 3.05) is 5.75 Å². The molecule has 1 unspecified atom stereocenters. The normalized spacial score (nSPS) is 17.3. The van der Waals surface area contributed by atoms with Gasteiger partial charge in [-0.2, -0.15) is 0 Å². The third-order valence-electron chi connectivity index (χ3n) is 4.10. The Morgan fingerprint density at radius 2 is 2.26 bits per heavy atom. The van der Waals surface area contributed by atoms with Crippen LogP contribution in [0.2, 0.25) is 0 Å². The Labute approximate surface area is 140 Å². The van der Waals surface area contributed by atoms with E-state index >= 15 is 0 Å². The van der Waals surface area contributed by atoms with Gasteiger partial charge in [-0.25, -0.2) is 4.68 Å². The summed E-state index contributed by atoms with van der Waals surface area (Å²) in [6.45, 7) is 0. The van der Waals surface area contributed by atoms with Crippen LogP contribution in [-0.4, -0.2) is 31.9 Å². The largest absolute Gasteiger partial charge is 0.349 e. The Morgan fingerprint density at radius 3 is 3.09 bits per heavy atom. The standard InChI is InChI=1S/C16H21N5OS/c1-21-16(18-19-20-21)23-11-10-15(22)17-14-9-5-3-7-12-6-2-4-8-13(12)14/h2,4,6,8,14H,3,5,7,9-11H2,1H3,(H,17,22). The molecule has 7 heteroatoms. The quantitative estimate of drug-likeness (QED) is 0.672. The fourth-order valence-electron chi connectivity index (χ4n) is 2.92. The number of fused-ring (bicyclic) bond motifs is 1. The predicted octanol–water partition coefficient (Wildman–Crippen LogP) is 2.28. The summed E-state index contributed by atoms with van der Waals surface area (Å²) in [5.41, 5.74) is 2.65. The van der Waals surface area contributed by atoms with Gasteiger partial charge in [-0.1, -0.05) is 42.4 Å². The highest BCUT2D eigenvalue weighted by Gasteiger charge is 2.19. The van der Waals surface area contributed by atoms with E-state index in [4.69, 9.17) is 0 Å². The van der Waals surface area contributed by atoms with E-state index in [2.05, 4.69) is 45.1 Å². The molecule has 3 rings (SSSR count). The van der Waals surface area contributed by atoms with Crippen molar-refractivity contribution >= 4 is 17.7 Å². The van der Waals surface area contributed by atoms with Crippen LogP contribution in [-0.2, 0) is 18.3 Å². The minimum atomic E-state index is 0.0920. The van der Waals surface area contributed by atoms with Crippen LogP contribution >= 0.6 is 11.8 Å². The third kappa shape index (κ3) is 4.10. The summed E-state index contributed by atoms with van der Waals surface area (Å²) in [6, 6.07) is 8.60. The number of nitrogens with one attached hydrogen (secondary N) is 1. The molecule has 0 bridgehead atoms. The molecule has 0 saturated heterocycles. The first-order valence-corrected chi connectivity index (χ1v) is 8.95. The van der Waals surface area contributed by atoms with Crippen molar-refractivity contribution in [3.8, 4) is 0 Å². The van der Waals surface area contributed by atoms with Crippen molar-refractivity contribution in [1.29, 1.82) is 0 Å². The maximum Gasteiger partial charge on any atom is 0.221 e. The van der Waals surface area contributed by atoms with Gasteiger partial charge in [-0.3, -0.25) is 4.79 Å². The van der Waals surface area contributed by atoms with Crippen molar-refractivity contribution in [3.05, 3.63) is 35.4 Å². The van der Waals surface area contributed by atoms with E-state index in [9.17, 15) is 4.79 Å². The van der Waals surface area contributed by atoms with Gasteiger partial charge >= 0.3 is 0 Å². The molecule has 0 fully saturated rings. The minimum absolute atomic E-state index is 0.0920. The summed E-state index contributed by atoms with van der Waals surface area (Å²) in [7, 11) is 1.80. The zero-order chi connectivity index (χ0) is 16.1. The fraction of sp³-hybridized carbons (Fsp3) is 0.500. The molecular formula is C16H21N5OS. The van der Waals surface area contributed by atoms with Gasteiger partial charge in [0.25, 0.3) is 0 Å². The van der Waals surface area contributed by atoms with Gasteiger partial charge in [0.2, 0.25) is 11.1 Å². The van der Waals surface area contributed by atoms with E-state index in [1.54, 1.807) is 11.7 Å². The van der Waals surface area contributed by atoms with Gasteiger partial charge < -0.3 is 5.32 Å². The second kappa shape index (κ2) is 7.59. The molecule has 1 atom stereocenters. The van der Waals surface area contributed by atoms with Crippen molar-refractivity contribution in [2.45, 2.75) is 43.3 Å². The first-order valence-electron chi connectivity index (χ1n) is 7.96. The van der Waals surface area contributed by atoms with Crippen molar-refractivity contribution in [3.63, 3.8) is 0 Å². The number of hydrogen-bond acceptors (Lipinski definition) is 5. The van der Waals surface area contributed by atoms with Crippen LogP contribution < -0.4 is 5.32 Å². The Hall–Kier alpha value is -1.89.